The van der Waals surface area contributed by atoms with Crippen molar-refractivity contribution in [3.63, 3.8) is 0 Å². The van der Waals surface area contributed by atoms with E-state index in [9.17, 15) is 9.59 Å². The zero-order chi connectivity index (χ0) is 19.9. The van der Waals surface area contributed by atoms with Gasteiger partial charge in [0.05, 0.1) is 6.26 Å². The number of nitrogens with one attached hydrogen (secondary N) is 1. The fourth-order valence-electron chi connectivity index (χ4n) is 3.46. The molecule has 6 nitrogen and oxygen atoms in total. The third-order valence-electron chi connectivity index (χ3n) is 5.17. The van der Waals surface area contributed by atoms with Crippen molar-refractivity contribution in [2.45, 2.75) is 25.8 Å². The van der Waals surface area contributed by atoms with Crippen LogP contribution in [-0.2, 0) is 4.79 Å². The molecule has 0 aliphatic carbocycles. The van der Waals surface area contributed by atoms with E-state index < -0.39 is 0 Å². The Kier molecular flexibility index (Phi) is 7.12. The van der Waals surface area contributed by atoms with Gasteiger partial charge < -0.3 is 14.6 Å². The lowest BCUT2D eigenvalue weighted by Gasteiger charge is -2.38. The highest BCUT2D eigenvalue weighted by Gasteiger charge is 2.25. The molecule has 0 saturated carbocycles. The van der Waals surface area contributed by atoms with E-state index in [0.717, 1.165) is 23.7 Å². The lowest BCUT2D eigenvalue weighted by molar-refractivity contribution is -0.133. The maximum atomic E-state index is 12.4. The molecule has 0 bridgehead atoms. The molecule has 28 heavy (non-hydrogen) atoms. The van der Waals surface area contributed by atoms with Gasteiger partial charge >= 0.3 is 0 Å². The largest absolute Gasteiger partial charge is 0.459 e. The van der Waals surface area contributed by atoms with Gasteiger partial charge in [0.2, 0.25) is 5.91 Å². The van der Waals surface area contributed by atoms with E-state index in [2.05, 4.69) is 23.2 Å². The second-order valence-electron chi connectivity index (χ2n) is 6.95. The van der Waals surface area contributed by atoms with Crippen LogP contribution in [0.15, 0.2) is 47.1 Å². The van der Waals surface area contributed by atoms with Gasteiger partial charge in [0.1, 0.15) is 0 Å². The van der Waals surface area contributed by atoms with E-state index in [0.29, 0.717) is 32.5 Å². The van der Waals surface area contributed by atoms with Gasteiger partial charge in [0.25, 0.3) is 5.91 Å². The van der Waals surface area contributed by atoms with E-state index in [4.69, 9.17) is 16.0 Å². The van der Waals surface area contributed by atoms with E-state index in [1.165, 1.54) is 6.26 Å². The Labute approximate surface area is 170 Å². The summed E-state index contributed by atoms with van der Waals surface area (Å²) in [6.07, 6.45) is 2.50. The first-order chi connectivity index (χ1) is 13.6. The third-order valence-corrected chi connectivity index (χ3v) is 5.51. The zero-order valence-electron chi connectivity index (χ0n) is 16.1. The molecule has 2 amide bonds. The molecule has 150 valence electrons. The molecule has 1 fully saturated rings. The maximum Gasteiger partial charge on any atom is 0.286 e. The Morgan fingerprint density at radius 3 is 2.57 bits per heavy atom. The molecule has 1 aliphatic rings. The minimum absolute atomic E-state index is 0.136. The molecule has 3 rings (SSSR count). The Balaban J connectivity index is 1.38. The van der Waals surface area contributed by atoms with Gasteiger partial charge in [-0.15, -0.1) is 0 Å². The second kappa shape index (κ2) is 9.75. The summed E-state index contributed by atoms with van der Waals surface area (Å²) >= 11 is 6.32. The first-order valence-corrected chi connectivity index (χ1v) is 10.0. The van der Waals surface area contributed by atoms with E-state index in [-0.39, 0.29) is 23.6 Å². The second-order valence-corrected chi connectivity index (χ2v) is 7.36. The van der Waals surface area contributed by atoms with Crippen LogP contribution in [0.3, 0.4) is 0 Å². The third kappa shape index (κ3) is 5.14. The summed E-state index contributed by atoms with van der Waals surface area (Å²) in [6.45, 7) is 5.69. The summed E-state index contributed by atoms with van der Waals surface area (Å²) in [7, 11) is 0. The molecule has 0 spiro atoms. The van der Waals surface area contributed by atoms with Crippen molar-refractivity contribution >= 4 is 23.4 Å². The number of amides is 2. The summed E-state index contributed by atoms with van der Waals surface area (Å²) < 4.78 is 5.04. The predicted octanol–water partition coefficient (Wildman–Crippen LogP) is 3.35. The molecule has 1 aromatic carbocycles. The van der Waals surface area contributed by atoms with Crippen LogP contribution in [0.4, 0.5) is 0 Å². The molecule has 1 atom stereocenters. The monoisotopic (exact) mass is 403 g/mol. The number of nitrogens with zero attached hydrogens (tertiary/aromatic N) is 2. The van der Waals surface area contributed by atoms with Crippen molar-refractivity contribution in [3.05, 3.63) is 59.0 Å². The van der Waals surface area contributed by atoms with Crippen LogP contribution in [0.2, 0.25) is 5.02 Å². The zero-order valence-corrected chi connectivity index (χ0v) is 16.8. The molecule has 1 unspecified atom stereocenters. The van der Waals surface area contributed by atoms with Crippen molar-refractivity contribution < 1.29 is 14.0 Å². The first-order valence-electron chi connectivity index (χ1n) is 9.64. The Morgan fingerprint density at radius 2 is 1.89 bits per heavy atom. The van der Waals surface area contributed by atoms with E-state index in [1.54, 1.807) is 12.1 Å². The molecule has 1 N–H and O–H groups in total. The van der Waals surface area contributed by atoms with Gasteiger partial charge in [-0.2, -0.15) is 0 Å². The van der Waals surface area contributed by atoms with E-state index >= 15 is 0 Å². The van der Waals surface area contributed by atoms with Crippen LogP contribution >= 0.6 is 11.6 Å². The minimum atomic E-state index is -0.250. The summed E-state index contributed by atoms with van der Waals surface area (Å²) in [5.41, 5.74) is 1.12. The number of rotatable bonds is 7. The number of piperazine rings is 1. The highest BCUT2D eigenvalue weighted by molar-refractivity contribution is 6.31. The summed E-state index contributed by atoms with van der Waals surface area (Å²) in [4.78, 5) is 28.5. The highest BCUT2D eigenvalue weighted by Crippen LogP contribution is 2.27. The fraction of sp³-hybridized carbons (Fsp3) is 0.429. The molecule has 1 saturated heterocycles. The van der Waals surface area contributed by atoms with Crippen molar-refractivity contribution in [3.8, 4) is 0 Å². The number of furan rings is 1. The Bertz CT molecular complexity index is 786. The van der Waals surface area contributed by atoms with Gasteiger partial charge in [-0.3, -0.25) is 14.5 Å². The Hall–Kier alpha value is -2.31. The summed E-state index contributed by atoms with van der Waals surface area (Å²) in [5.74, 6) is 0.173. The van der Waals surface area contributed by atoms with Gasteiger partial charge in [-0.25, -0.2) is 0 Å². The van der Waals surface area contributed by atoms with Gasteiger partial charge in [0, 0.05) is 50.2 Å². The van der Waals surface area contributed by atoms with Crippen LogP contribution < -0.4 is 5.32 Å². The molecule has 2 heterocycles. The number of hydrogen-bond acceptors (Lipinski definition) is 4. The smallest absolute Gasteiger partial charge is 0.286 e. The van der Waals surface area contributed by atoms with Crippen LogP contribution in [0, 0.1) is 0 Å². The summed E-state index contributed by atoms with van der Waals surface area (Å²) in [5, 5.41) is 3.55. The SMILES string of the molecule is CC(c1ccccc1Cl)N1CCN(C(=O)CCCNC(=O)c2ccco2)CC1. The van der Waals surface area contributed by atoms with Crippen molar-refractivity contribution in [2.75, 3.05) is 32.7 Å². The van der Waals surface area contributed by atoms with Gasteiger partial charge in [0.15, 0.2) is 5.76 Å². The van der Waals surface area contributed by atoms with Crippen molar-refractivity contribution in [1.29, 1.82) is 0 Å². The number of benzene rings is 1. The van der Waals surface area contributed by atoms with Gasteiger partial charge in [-0.05, 0) is 37.1 Å². The maximum absolute atomic E-state index is 12.4. The lowest BCUT2D eigenvalue weighted by Crippen LogP contribution is -2.49. The van der Waals surface area contributed by atoms with Crippen LogP contribution in [0.25, 0.3) is 0 Å². The average molecular weight is 404 g/mol. The fourth-order valence-corrected chi connectivity index (χ4v) is 3.76. The molecule has 1 aromatic heterocycles. The topological polar surface area (TPSA) is 65.8 Å². The molecular weight excluding hydrogens is 378 g/mol. The highest BCUT2D eigenvalue weighted by atomic mass is 35.5. The van der Waals surface area contributed by atoms with Crippen molar-refractivity contribution in [1.82, 2.24) is 15.1 Å². The molecule has 7 heteroatoms. The predicted molar refractivity (Wildman–Crippen MR) is 108 cm³/mol. The number of carbonyl (C=O) groups is 2. The van der Waals surface area contributed by atoms with Crippen molar-refractivity contribution in [2.24, 2.45) is 0 Å². The standard InChI is InChI=1S/C21H26ClN3O3/c1-16(17-6-2-3-7-18(17)22)24-11-13-25(14-12-24)20(26)9-4-10-23-21(27)19-8-5-15-28-19/h2-3,5-8,15-16H,4,9-14H2,1H3,(H,23,27). The molecular formula is C21H26ClN3O3. The first kappa shape index (κ1) is 20.4. The quantitative estimate of drug-likeness (QED) is 0.720. The lowest BCUT2D eigenvalue weighted by atomic mass is 10.1. The number of halogens is 1. The number of carbonyl (C=O) groups excluding carboxylic acids is 2. The van der Waals surface area contributed by atoms with Gasteiger partial charge in [-0.1, -0.05) is 29.8 Å². The molecule has 0 radical (unpaired) electrons. The number of hydrogen-bond donors (Lipinski definition) is 1. The van der Waals surface area contributed by atoms with Crippen LogP contribution in [-0.4, -0.2) is 54.3 Å². The minimum Gasteiger partial charge on any atom is -0.459 e. The Morgan fingerprint density at radius 1 is 1.14 bits per heavy atom. The molecule has 1 aliphatic heterocycles. The van der Waals surface area contributed by atoms with E-state index in [1.807, 2.05) is 23.1 Å². The van der Waals surface area contributed by atoms with Crippen LogP contribution in [0.5, 0.6) is 0 Å². The average Bonchev–Trinajstić information content (AvgIpc) is 3.26. The summed E-state index contributed by atoms with van der Waals surface area (Å²) in [6, 6.07) is 11.4. The normalized spacial score (nSPS) is 16.0. The molecule has 2 aromatic rings. The van der Waals surface area contributed by atoms with Crippen LogP contribution in [0.1, 0.15) is 41.9 Å².